The standard InChI is InChI=1S/C52H36N2O/c1-52(2)43-21-11-9-19-39(43)42-32-37(28-30-44(42)52)54(46-22-12-10-18-38(46)33-14-5-3-6-15-33)47-23-13-20-41-40(47)29-26-34-24-25-35-27-31-45-50(49(35)48(34)41)55-51(53-45)36-16-7-4-8-17-36/h3-32H,1-2H3. The molecule has 0 radical (unpaired) electrons. The molecule has 9 aromatic carbocycles. The van der Waals surface area contributed by atoms with Crippen LogP contribution in [0.5, 0.6) is 0 Å². The summed E-state index contributed by atoms with van der Waals surface area (Å²) in [6.45, 7) is 4.68. The fourth-order valence-electron chi connectivity index (χ4n) is 9.04. The number of anilines is 3. The molecular formula is C52H36N2O. The third kappa shape index (κ3) is 4.79. The molecule has 0 bridgehead atoms. The van der Waals surface area contributed by atoms with Gasteiger partial charge in [0.25, 0.3) is 0 Å². The maximum absolute atomic E-state index is 6.67. The molecule has 11 rings (SSSR count). The van der Waals surface area contributed by atoms with Crippen molar-refractivity contribution < 1.29 is 4.42 Å². The van der Waals surface area contributed by atoms with Crippen LogP contribution in [0.25, 0.3) is 77.1 Å². The Morgan fingerprint density at radius 1 is 0.473 bits per heavy atom. The zero-order valence-electron chi connectivity index (χ0n) is 30.6. The fraction of sp³-hybridized carbons (Fsp3) is 0.0577. The summed E-state index contributed by atoms with van der Waals surface area (Å²) in [5.74, 6) is 0.631. The van der Waals surface area contributed by atoms with Gasteiger partial charge in [0.15, 0.2) is 5.58 Å². The first-order chi connectivity index (χ1) is 27.0. The summed E-state index contributed by atoms with van der Waals surface area (Å²) in [6.07, 6.45) is 0. The van der Waals surface area contributed by atoms with E-state index in [1.165, 1.54) is 44.2 Å². The summed E-state index contributed by atoms with van der Waals surface area (Å²) in [6, 6.07) is 65.6. The highest BCUT2D eigenvalue weighted by Gasteiger charge is 2.35. The van der Waals surface area contributed by atoms with Crippen LogP contribution in [0.15, 0.2) is 186 Å². The van der Waals surface area contributed by atoms with E-state index in [-0.39, 0.29) is 5.41 Å². The number of nitrogens with zero attached hydrogens (tertiary/aromatic N) is 2. The molecule has 0 amide bonds. The largest absolute Gasteiger partial charge is 0.435 e. The Kier molecular flexibility index (Phi) is 6.90. The summed E-state index contributed by atoms with van der Waals surface area (Å²) >= 11 is 0. The zero-order valence-corrected chi connectivity index (χ0v) is 30.6. The minimum atomic E-state index is -0.0803. The first kappa shape index (κ1) is 31.5. The molecule has 1 aliphatic carbocycles. The van der Waals surface area contributed by atoms with Crippen molar-refractivity contribution in [1.82, 2.24) is 4.98 Å². The second-order valence-corrected chi connectivity index (χ2v) is 15.1. The van der Waals surface area contributed by atoms with Crippen LogP contribution in [-0.4, -0.2) is 4.98 Å². The van der Waals surface area contributed by atoms with Crippen LogP contribution in [0.3, 0.4) is 0 Å². The van der Waals surface area contributed by atoms with E-state index in [0.29, 0.717) is 5.89 Å². The number of benzene rings is 9. The molecule has 0 fully saturated rings. The maximum atomic E-state index is 6.67. The lowest BCUT2D eigenvalue weighted by molar-refractivity contribution is 0.623. The predicted octanol–water partition coefficient (Wildman–Crippen LogP) is 14.4. The van der Waals surface area contributed by atoms with Crippen molar-refractivity contribution in [3.63, 3.8) is 0 Å². The number of hydrogen-bond donors (Lipinski definition) is 0. The van der Waals surface area contributed by atoms with E-state index in [9.17, 15) is 0 Å². The highest BCUT2D eigenvalue weighted by Crippen LogP contribution is 2.52. The van der Waals surface area contributed by atoms with Gasteiger partial charge >= 0.3 is 0 Å². The van der Waals surface area contributed by atoms with Gasteiger partial charge in [-0.15, -0.1) is 0 Å². The maximum Gasteiger partial charge on any atom is 0.227 e. The molecule has 0 atom stereocenters. The Balaban J connectivity index is 1.20. The summed E-state index contributed by atoms with van der Waals surface area (Å²) in [5.41, 5.74) is 13.6. The Morgan fingerprint density at radius 3 is 1.93 bits per heavy atom. The lowest BCUT2D eigenvalue weighted by atomic mass is 9.82. The van der Waals surface area contributed by atoms with Gasteiger partial charge in [-0.25, -0.2) is 4.98 Å². The first-order valence-corrected chi connectivity index (χ1v) is 19.0. The average Bonchev–Trinajstić information content (AvgIpc) is 3.78. The SMILES string of the molecule is CC1(C)c2ccccc2-c2cc(N(c3ccccc3-c3ccccc3)c3cccc4c3ccc3ccc5ccc6nc(-c7ccccc7)oc6c5c34)ccc21. The van der Waals surface area contributed by atoms with E-state index < -0.39 is 0 Å². The third-order valence-corrected chi connectivity index (χ3v) is 11.7. The number of hydrogen-bond acceptors (Lipinski definition) is 3. The molecule has 10 aromatic rings. The van der Waals surface area contributed by atoms with E-state index in [1.54, 1.807) is 0 Å². The van der Waals surface area contributed by atoms with Crippen molar-refractivity contribution in [2.24, 2.45) is 0 Å². The minimum Gasteiger partial charge on any atom is -0.435 e. The minimum absolute atomic E-state index is 0.0803. The van der Waals surface area contributed by atoms with E-state index in [2.05, 4.69) is 170 Å². The fourth-order valence-corrected chi connectivity index (χ4v) is 9.04. The van der Waals surface area contributed by atoms with Crippen molar-refractivity contribution >= 4 is 60.5 Å². The third-order valence-electron chi connectivity index (χ3n) is 11.7. The second-order valence-electron chi connectivity index (χ2n) is 15.1. The number of aromatic nitrogens is 1. The van der Waals surface area contributed by atoms with Gasteiger partial charge in [0.2, 0.25) is 5.89 Å². The van der Waals surface area contributed by atoms with Crippen LogP contribution in [0.4, 0.5) is 17.1 Å². The molecule has 0 saturated carbocycles. The van der Waals surface area contributed by atoms with Crippen molar-refractivity contribution in [3.05, 3.63) is 193 Å². The van der Waals surface area contributed by atoms with Crippen molar-refractivity contribution in [1.29, 1.82) is 0 Å². The molecule has 1 aliphatic rings. The van der Waals surface area contributed by atoms with E-state index in [4.69, 9.17) is 9.40 Å². The van der Waals surface area contributed by atoms with Gasteiger partial charge in [0.05, 0.1) is 11.4 Å². The van der Waals surface area contributed by atoms with Crippen molar-refractivity contribution in [3.8, 4) is 33.7 Å². The molecule has 0 aliphatic heterocycles. The lowest BCUT2D eigenvalue weighted by Crippen LogP contribution is -2.15. The second kappa shape index (κ2) is 12.0. The molecule has 1 aromatic heterocycles. The van der Waals surface area contributed by atoms with Gasteiger partial charge in [0, 0.05) is 38.4 Å². The Morgan fingerprint density at radius 2 is 1.11 bits per heavy atom. The molecule has 3 heteroatoms. The molecule has 3 nitrogen and oxygen atoms in total. The number of rotatable bonds is 5. The Bertz CT molecular complexity index is 3120. The predicted molar refractivity (Wildman–Crippen MR) is 230 cm³/mol. The van der Waals surface area contributed by atoms with Gasteiger partial charge in [0.1, 0.15) is 5.52 Å². The molecule has 0 spiro atoms. The van der Waals surface area contributed by atoms with Gasteiger partial charge in [-0.1, -0.05) is 153 Å². The number of fused-ring (bicyclic) bond motifs is 10. The smallest absolute Gasteiger partial charge is 0.227 e. The monoisotopic (exact) mass is 704 g/mol. The van der Waals surface area contributed by atoms with Crippen LogP contribution in [-0.2, 0) is 5.41 Å². The molecule has 55 heavy (non-hydrogen) atoms. The van der Waals surface area contributed by atoms with Gasteiger partial charge in [-0.2, -0.15) is 0 Å². The summed E-state index contributed by atoms with van der Waals surface area (Å²) in [7, 11) is 0. The van der Waals surface area contributed by atoms with Gasteiger partial charge in [-0.05, 0) is 86.4 Å². The Labute approximate surface area is 319 Å². The van der Waals surface area contributed by atoms with E-state index in [1.807, 2.05) is 30.3 Å². The molecule has 260 valence electrons. The first-order valence-electron chi connectivity index (χ1n) is 19.0. The summed E-state index contributed by atoms with van der Waals surface area (Å²) in [4.78, 5) is 7.43. The van der Waals surface area contributed by atoms with E-state index >= 15 is 0 Å². The van der Waals surface area contributed by atoms with Gasteiger partial charge < -0.3 is 9.32 Å². The summed E-state index contributed by atoms with van der Waals surface area (Å²) < 4.78 is 6.67. The van der Waals surface area contributed by atoms with Crippen LogP contribution in [0, 0.1) is 0 Å². The van der Waals surface area contributed by atoms with Crippen LogP contribution in [0.1, 0.15) is 25.0 Å². The topological polar surface area (TPSA) is 29.3 Å². The van der Waals surface area contributed by atoms with Crippen LogP contribution < -0.4 is 4.90 Å². The van der Waals surface area contributed by atoms with Gasteiger partial charge in [-0.3, -0.25) is 0 Å². The molecule has 0 unspecified atom stereocenters. The molecule has 0 N–H and O–H groups in total. The van der Waals surface area contributed by atoms with Crippen LogP contribution >= 0.6 is 0 Å². The Hall–Kier alpha value is -6.97. The normalized spacial score (nSPS) is 13.1. The highest BCUT2D eigenvalue weighted by atomic mass is 16.3. The zero-order chi connectivity index (χ0) is 36.7. The van der Waals surface area contributed by atoms with E-state index in [0.717, 1.165) is 55.3 Å². The molecule has 1 heterocycles. The van der Waals surface area contributed by atoms with Crippen molar-refractivity contribution in [2.75, 3.05) is 4.90 Å². The number of para-hydroxylation sites is 1. The number of oxazole rings is 1. The quantitative estimate of drug-likeness (QED) is 0.167. The highest BCUT2D eigenvalue weighted by molar-refractivity contribution is 6.27. The lowest BCUT2D eigenvalue weighted by Gasteiger charge is -2.30. The molecule has 0 saturated heterocycles. The van der Waals surface area contributed by atoms with Crippen LogP contribution in [0.2, 0.25) is 0 Å². The average molecular weight is 705 g/mol. The summed E-state index contributed by atoms with van der Waals surface area (Å²) in [5, 5.41) is 6.86. The molecular weight excluding hydrogens is 669 g/mol. The van der Waals surface area contributed by atoms with Crippen molar-refractivity contribution in [2.45, 2.75) is 19.3 Å².